The topological polar surface area (TPSA) is 109 Å². The van der Waals surface area contributed by atoms with Crippen LogP contribution in [0.25, 0.3) is 0 Å². The normalized spacial score (nSPS) is 28.8. The Bertz CT molecular complexity index is 699. The SMILES string of the molecule is CC(C)NC(=O)C[C@@H]1C[C@H]2O[C@H](CNC(=O)Nc3ccc(F)cc3)[C@@H](O)[C@H]2O1. The summed E-state index contributed by atoms with van der Waals surface area (Å²) in [7, 11) is 0. The first-order valence-corrected chi connectivity index (χ1v) is 9.40. The molecule has 0 spiro atoms. The number of halogens is 1. The van der Waals surface area contributed by atoms with Gasteiger partial charge >= 0.3 is 6.03 Å². The van der Waals surface area contributed by atoms with Crippen molar-refractivity contribution in [2.24, 2.45) is 0 Å². The number of aliphatic hydroxyl groups excluding tert-OH is 1. The van der Waals surface area contributed by atoms with Crippen LogP contribution in [0.1, 0.15) is 26.7 Å². The van der Waals surface area contributed by atoms with Crippen molar-refractivity contribution < 1.29 is 28.6 Å². The zero-order valence-corrected chi connectivity index (χ0v) is 15.9. The van der Waals surface area contributed by atoms with Crippen LogP contribution in [0.15, 0.2) is 24.3 Å². The number of urea groups is 1. The average Bonchev–Trinajstić information content (AvgIpc) is 3.13. The number of carbonyl (C=O) groups excluding carboxylic acids is 2. The molecule has 0 radical (unpaired) electrons. The number of fused-ring (bicyclic) bond motifs is 1. The van der Waals surface area contributed by atoms with Gasteiger partial charge in [-0.25, -0.2) is 9.18 Å². The first-order chi connectivity index (χ1) is 13.3. The highest BCUT2D eigenvalue weighted by molar-refractivity contribution is 5.89. The summed E-state index contributed by atoms with van der Waals surface area (Å²) in [6.07, 6.45) is -1.86. The van der Waals surface area contributed by atoms with E-state index in [1.165, 1.54) is 24.3 Å². The number of carbonyl (C=O) groups is 2. The number of rotatable bonds is 6. The van der Waals surface area contributed by atoms with Gasteiger partial charge in [0.1, 0.15) is 24.1 Å². The maximum atomic E-state index is 12.9. The van der Waals surface area contributed by atoms with E-state index in [0.29, 0.717) is 12.1 Å². The molecule has 0 aliphatic carbocycles. The van der Waals surface area contributed by atoms with Crippen LogP contribution < -0.4 is 16.0 Å². The molecular weight excluding hydrogens is 369 g/mol. The Hall–Kier alpha value is -2.23. The second kappa shape index (κ2) is 8.85. The van der Waals surface area contributed by atoms with Crippen molar-refractivity contribution in [2.75, 3.05) is 11.9 Å². The van der Waals surface area contributed by atoms with Gasteiger partial charge in [-0.1, -0.05) is 0 Å². The van der Waals surface area contributed by atoms with Gasteiger partial charge in [0.25, 0.3) is 0 Å². The fourth-order valence-electron chi connectivity index (χ4n) is 3.50. The van der Waals surface area contributed by atoms with Crippen LogP contribution in [0.5, 0.6) is 0 Å². The van der Waals surface area contributed by atoms with E-state index in [1.807, 2.05) is 13.8 Å². The van der Waals surface area contributed by atoms with Crippen molar-refractivity contribution in [1.82, 2.24) is 10.6 Å². The lowest BCUT2D eigenvalue weighted by atomic mass is 10.1. The minimum Gasteiger partial charge on any atom is -0.388 e. The quantitative estimate of drug-likeness (QED) is 0.578. The van der Waals surface area contributed by atoms with Crippen LogP contribution in [0.3, 0.4) is 0 Å². The molecule has 0 bridgehead atoms. The van der Waals surface area contributed by atoms with E-state index in [0.717, 1.165) is 0 Å². The largest absolute Gasteiger partial charge is 0.388 e. The molecule has 0 saturated carbocycles. The van der Waals surface area contributed by atoms with Crippen molar-refractivity contribution >= 4 is 17.6 Å². The van der Waals surface area contributed by atoms with Crippen molar-refractivity contribution in [2.45, 2.75) is 63.3 Å². The van der Waals surface area contributed by atoms with Crippen LogP contribution in [0, 0.1) is 5.82 Å². The fourth-order valence-corrected chi connectivity index (χ4v) is 3.50. The minimum atomic E-state index is -0.894. The third-order valence-corrected chi connectivity index (χ3v) is 4.71. The predicted octanol–water partition coefficient (Wildman–Crippen LogP) is 1.15. The van der Waals surface area contributed by atoms with Crippen LogP contribution >= 0.6 is 0 Å². The number of hydrogen-bond acceptors (Lipinski definition) is 5. The molecule has 2 fully saturated rings. The van der Waals surface area contributed by atoms with E-state index < -0.39 is 24.3 Å². The second-order valence-electron chi connectivity index (χ2n) is 7.43. The van der Waals surface area contributed by atoms with E-state index in [-0.39, 0.29) is 42.9 Å². The summed E-state index contributed by atoms with van der Waals surface area (Å²) in [4.78, 5) is 23.8. The first-order valence-electron chi connectivity index (χ1n) is 9.40. The number of aliphatic hydroxyl groups is 1. The van der Waals surface area contributed by atoms with Gasteiger partial charge < -0.3 is 30.5 Å². The van der Waals surface area contributed by atoms with Crippen molar-refractivity contribution in [3.05, 3.63) is 30.1 Å². The fraction of sp³-hybridized carbons (Fsp3) is 0.579. The summed E-state index contributed by atoms with van der Waals surface area (Å²) in [6.45, 7) is 3.88. The molecule has 5 atom stereocenters. The van der Waals surface area contributed by atoms with Gasteiger partial charge in [-0.15, -0.1) is 0 Å². The molecule has 0 aromatic heterocycles. The smallest absolute Gasteiger partial charge is 0.319 e. The highest BCUT2D eigenvalue weighted by Gasteiger charge is 2.50. The van der Waals surface area contributed by atoms with Crippen molar-refractivity contribution in [3.8, 4) is 0 Å². The molecule has 2 saturated heterocycles. The molecule has 4 N–H and O–H groups in total. The number of hydrogen-bond donors (Lipinski definition) is 4. The molecule has 9 heteroatoms. The molecule has 1 aromatic rings. The number of nitrogens with one attached hydrogen (secondary N) is 3. The zero-order valence-electron chi connectivity index (χ0n) is 15.9. The van der Waals surface area contributed by atoms with E-state index in [1.54, 1.807) is 0 Å². The van der Waals surface area contributed by atoms with Crippen LogP contribution in [0.4, 0.5) is 14.9 Å². The monoisotopic (exact) mass is 395 g/mol. The minimum absolute atomic E-state index is 0.0618. The Labute approximate surface area is 162 Å². The summed E-state index contributed by atoms with van der Waals surface area (Å²) in [5.74, 6) is -0.481. The van der Waals surface area contributed by atoms with Crippen molar-refractivity contribution in [1.29, 1.82) is 0 Å². The third-order valence-electron chi connectivity index (χ3n) is 4.71. The standard InChI is InChI=1S/C19H26FN3O5/c1-10(2)22-16(24)8-13-7-14-18(27-13)17(25)15(28-14)9-21-19(26)23-12-5-3-11(20)4-6-12/h3-6,10,13-15,17-18,25H,7-9H2,1-2H3,(H,22,24)(H2,21,23,26)/t13-,14+,15+,17+,18-/m0/s1. The van der Waals surface area contributed by atoms with E-state index in [2.05, 4.69) is 16.0 Å². The predicted molar refractivity (Wildman–Crippen MR) is 99.3 cm³/mol. The second-order valence-corrected chi connectivity index (χ2v) is 7.43. The van der Waals surface area contributed by atoms with E-state index in [9.17, 15) is 19.1 Å². The number of ether oxygens (including phenoxy) is 2. The molecule has 3 amide bonds. The Morgan fingerprint density at radius 2 is 1.96 bits per heavy atom. The molecule has 3 rings (SSSR count). The Morgan fingerprint density at radius 1 is 1.25 bits per heavy atom. The van der Waals surface area contributed by atoms with Crippen molar-refractivity contribution in [3.63, 3.8) is 0 Å². The molecule has 0 unspecified atom stereocenters. The number of amides is 3. The summed E-state index contributed by atoms with van der Waals surface area (Å²) in [5.41, 5.74) is 0.453. The third kappa shape index (κ3) is 5.18. The van der Waals surface area contributed by atoms with Crippen LogP contribution in [-0.4, -0.2) is 60.2 Å². The van der Waals surface area contributed by atoms with Gasteiger partial charge in [-0.3, -0.25) is 4.79 Å². The molecule has 28 heavy (non-hydrogen) atoms. The highest BCUT2D eigenvalue weighted by atomic mass is 19.1. The first kappa shape index (κ1) is 20.5. The van der Waals surface area contributed by atoms with E-state index >= 15 is 0 Å². The van der Waals surface area contributed by atoms with Crippen LogP contribution in [0.2, 0.25) is 0 Å². The number of anilines is 1. The van der Waals surface area contributed by atoms with E-state index in [4.69, 9.17) is 9.47 Å². The lowest BCUT2D eigenvalue weighted by Crippen LogP contribution is -2.42. The van der Waals surface area contributed by atoms with Crippen LogP contribution in [-0.2, 0) is 14.3 Å². The summed E-state index contributed by atoms with van der Waals surface area (Å²) < 4.78 is 24.5. The van der Waals surface area contributed by atoms with Gasteiger partial charge in [0.05, 0.1) is 18.6 Å². The molecule has 8 nitrogen and oxygen atoms in total. The maximum absolute atomic E-state index is 12.9. The van der Waals surface area contributed by atoms with Gasteiger partial charge in [0, 0.05) is 24.7 Å². The lowest BCUT2D eigenvalue weighted by Gasteiger charge is -2.20. The summed E-state index contributed by atoms with van der Waals surface area (Å²) in [6, 6.07) is 4.97. The average molecular weight is 395 g/mol. The summed E-state index contributed by atoms with van der Waals surface area (Å²) >= 11 is 0. The van der Waals surface area contributed by atoms with Gasteiger partial charge in [-0.2, -0.15) is 0 Å². The zero-order chi connectivity index (χ0) is 20.3. The Morgan fingerprint density at radius 3 is 2.61 bits per heavy atom. The number of benzene rings is 1. The van der Waals surface area contributed by atoms with Gasteiger partial charge in [0.2, 0.25) is 5.91 Å². The highest BCUT2D eigenvalue weighted by Crippen LogP contribution is 2.35. The Kier molecular flexibility index (Phi) is 6.48. The Balaban J connectivity index is 1.42. The molecule has 2 aliphatic heterocycles. The van der Waals surface area contributed by atoms with Gasteiger partial charge in [-0.05, 0) is 38.1 Å². The molecule has 2 aliphatic rings. The molecule has 2 heterocycles. The van der Waals surface area contributed by atoms with Gasteiger partial charge in [0.15, 0.2) is 0 Å². The molecular formula is C19H26FN3O5. The molecule has 154 valence electrons. The molecule has 1 aromatic carbocycles. The lowest BCUT2D eigenvalue weighted by molar-refractivity contribution is -0.125. The maximum Gasteiger partial charge on any atom is 0.319 e. The summed E-state index contributed by atoms with van der Waals surface area (Å²) in [5, 5.41) is 18.4.